The highest BCUT2D eigenvalue weighted by Crippen LogP contribution is 2.35. The van der Waals surface area contributed by atoms with E-state index in [2.05, 4.69) is 24.1 Å². The van der Waals surface area contributed by atoms with Crippen molar-refractivity contribution in [1.82, 2.24) is 4.90 Å². The molecule has 1 aromatic rings. The zero-order chi connectivity index (χ0) is 15.3. The van der Waals surface area contributed by atoms with Crippen LogP contribution >= 0.6 is 0 Å². The predicted octanol–water partition coefficient (Wildman–Crippen LogP) is 2.60. The van der Waals surface area contributed by atoms with E-state index in [9.17, 15) is 10.1 Å². The zero-order valence-electron chi connectivity index (χ0n) is 12.8. The summed E-state index contributed by atoms with van der Waals surface area (Å²) in [5, 5.41) is 14.3. The third-order valence-corrected chi connectivity index (χ3v) is 2.90. The van der Waals surface area contributed by atoms with Crippen LogP contribution in [0.5, 0.6) is 5.75 Å². The molecule has 0 bridgehead atoms. The number of methoxy groups -OCH3 is 1. The van der Waals surface area contributed by atoms with Crippen molar-refractivity contribution < 1.29 is 9.66 Å². The summed E-state index contributed by atoms with van der Waals surface area (Å²) in [5.41, 5.74) is 0.470. The third-order valence-electron chi connectivity index (χ3n) is 2.90. The highest BCUT2D eigenvalue weighted by atomic mass is 16.6. The van der Waals surface area contributed by atoms with Gasteiger partial charge in [-0.25, -0.2) is 0 Å². The number of hydrogen-bond donors (Lipinski definition) is 1. The van der Waals surface area contributed by atoms with Crippen molar-refractivity contribution in [1.29, 1.82) is 0 Å². The molecule has 0 saturated heterocycles. The fraction of sp³-hybridized carbons (Fsp3) is 0.571. The van der Waals surface area contributed by atoms with Crippen LogP contribution in [0.15, 0.2) is 18.2 Å². The molecule has 1 rings (SSSR count). The van der Waals surface area contributed by atoms with Gasteiger partial charge in [-0.2, -0.15) is 0 Å². The molecule has 0 spiro atoms. The summed E-state index contributed by atoms with van der Waals surface area (Å²) in [6.07, 6.45) is 0. The van der Waals surface area contributed by atoms with Gasteiger partial charge in [0.05, 0.1) is 12.0 Å². The number of rotatable bonds is 7. The minimum Gasteiger partial charge on any atom is -0.490 e. The minimum absolute atomic E-state index is 0.000442. The summed E-state index contributed by atoms with van der Waals surface area (Å²) in [4.78, 5) is 12.9. The second-order valence-electron chi connectivity index (χ2n) is 5.87. The van der Waals surface area contributed by atoms with Crippen LogP contribution in [0.2, 0.25) is 0 Å². The Labute approximate surface area is 119 Å². The highest BCUT2D eigenvalue weighted by molar-refractivity contribution is 5.68. The lowest BCUT2D eigenvalue weighted by molar-refractivity contribution is -0.384. The largest absolute Gasteiger partial charge is 0.490 e. The first kappa shape index (κ1) is 16.2. The Morgan fingerprint density at radius 3 is 2.55 bits per heavy atom. The first-order valence-electron chi connectivity index (χ1n) is 6.47. The SMILES string of the molecule is COc1cccc(NCC(C)(C)CN(C)C)c1[N+](=O)[O-]. The molecule has 0 radical (unpaired) electrons. The van der Waals surface area contributed by atoms with Gasteiger partial charge in [0.25, 0.3) is 0 Å². The first-order chi connectivity index (χ1) is 9.26. The Bertz CT molecular complexity index is 473. The Balaban J connectivity index is 2.90. The maximum atomic E-state index is 11.2. The van der Waals surface area contributed by atoms with Gasteiger partial charge >= 0.3 is 5.69 Å². The van der Waals surface area contributed by atoms with Crippen molar-refractivity contribution in [3.63, 3.8) is 0 Å². The summed E-state index contributed by atoms with van der Waals surface area (Å²) in [7, 11) is 5.45. The van der Waals surface area contributed by atoms with Crippen LogP contribution in [0.1, 0.15) is 13.8 Å². The number of benzene rings is 1. The van der Waals surface area contributed by atoms with Gasteiger partial charge in [-0.15, -0.1) is 0 Å². The molecule has 0 unspecified atom stereocenters. The number of nitro groups is 1. The van der Waals surface area contributed by atoms with Crippen molar-refractivity contribution in [2.75, 3.05) is 39.6 Å². The molecule has 0 aliphatic heterocycles. The van der Waals surface area contributed by atoms with Crippen LogP contribution in [0.25, 0.3) is 0 Å². The predicted molar refractivity (Wildman–Crippen MR) is 80.5 cm³/mol. The van der Waals surface area contributed by atoms with Gasteiger partial charge < -0.3 is 15.0 Å². The molecule has 0 aliphatic carbocycles. The average molecular weight is 281 g/mol. The van der Waals surface area contributed by atoms with Gasteiger partial charge in [-0.3, -0.25) is 10.1 Å². The second kappa shape index (κ2) is 6.56. The van der Waals surface area contributed by atoms with E-state index < -0.39 is 4.92 Å². The lowest BCUT2D eigenvalue weighted by atomic mass is 9.93. The number of nitrogens with one attached hydrogen (secondary N) is 1. The molecule has 0 aromatic heterocycles. The number of nitrogens with zero attached hydrogens (tertiary/aromatic N) is 2. The molecular formula is C14H23N3O3. The van der Waals surface area contributed by atoms with Gasteiger partial charge in [-0.1, -0.05) is 19.9 Å². The second-order valence-corrected chi connectivity index (χ2v) is 5.87. The molecule has 0 aliphatic rings. The molecule has 0 heterocycles. The van der Waals surface area contributed by atoms with Crippen molar-refractivity contribution in [2.24, 2.45) is 5.41 Å². The molecule has 112 valence electrons. The van der Waals surface area contributed by atoms with Gasteiger partial charge in [0.1, 0.15) is 5.69 Å². The van der Waals surface area contributed by atoms with Crippen molar-refractivity contribution >= 4 is 11.4 Å². The molecule has 20 heavy (non-hydrogen) atoms. The highest BCUT2D eigenvalue weighted by Gasteiger charge is 2.23. The normalized spacial score (nSPS) is 11.5. The van der Waals surface area contributed by atoms with Crippen LogP contribution < -0.4 is 10.1 Å². The summed E-state index contributed by atoms with van der Waals surface area (Å²) in [6, 6.07) is 5.04. The van der Waals surface area contributed by atoms with Crippen LogP contribution in [0.4, 0.5) is 11.4 Å². The average Bonchev–Trinajstić information content (AvgIpc) is 2.34. The van der Waals surface area contributed by atoms with Gasteiger partial charge in [-0.05, 0) is 31.6 Å². The number of ether oxygens (including phenoxy) is 1. The molecule has 6 nitrogen and oxygen atoms in total. The fourth-order valence-corrected chi connectivity index (χ4v) is 2.26. The van der Waals surface area contributed by atoms with Crippen LogP contribution in [0, 0.1) is 15.5 Å². The minimum atomic E-state index is -0.417. The summed E-state index contributed by atoms with van der Waals surface area (Å²) >= 11 is 0. The van der Waals surface area contributed by atoms with Gasteiger partial charge in [0, 0.05) is 13.1 Å². The van der Waals surface area contributed by atoms with Crippen molar-refractivity contribution in [3.05, 3.63) is 28.3 Å². The summed E-state index contributed by atoms with van der Waals surface area (Å²) in [6.45, 7) is 5.76. The van der Waals surface area contributed by atoms with E-state index in [1.807, 2.05) is 14.1 Å². The molecule has 0 amide bonds. The van der Waals surface area contributed by atoms with Crippen LogP contribution in [-0.4, -0.2) is 44.1 Å². The Morgan fingerprint density at radius 1 is 1.40 bits per heavy atom. The summed E-state index contributed by atoms with van der Waals surface area (Å²) in [5.74, 6) is 0.269. The molecular weight excluding hydrogens is 258 g/mol. The maximum Gasteiger partial charge on any atom is 0.333 e. The standard InChI is InChI=1S/C14H23N3O3/c1-14(2,10-16(3)4)9-15-11-7-6-8-12(20-5)13(11)17(18)19/h6-8,15H,9-10H2,1-5H3. The smallest absolute Gasteiger partial charge is 0.333 e. The van der Waals surface area contributed by atoms with E-state index >= 15 is 0 Å². The van der Waals surface area contributed by atoms with E-state index in [4.69, 9.17) is 4.74 Å². The van der Waals surface area contributed by atoms with Gasteiger partial charge in [0.2, 0.25) is 0 Å². The first-order valence-corrected chi connectivity index (χ1v) is 6.47. The van der Waals surface area contributed by atoms with E-state index in [1.165, 1.54) is 7.11 Å². The molecule has 0 atom stereocenters. The number of nitro benzene ring substituents is 1. The summed E-state index contributed by atoms with van der Waals surface area (Å²) < 4.78 is 5.05. The molecule has 1 aromatic carbocycles. The Hall–Kier alpha value is -1.82. The monoisotopic (exact) mass is 281 g/mol. The molecule has 0 fully saturated rings. The van der Waals surface area contributed by atoms with Crippen molar-refractivity contribution in [2.45, 2.75) is 13.8 Å². The maximum absolute atomic E-state index is 11.2. The van der Waals surface area contributed by atoms with Gasteiger partial charge in [0.15, 0.2) is 5.75 Å². The van der Waals surface area contributed by atoms with E-state index in [1.54, 1.807) is 18.2 Å². The topological polar surface area (TPSA) is 67.6 Å². The van der Waals surface area contributed by atoms with Crippen LogP contribution in [0.3, 0.4) is 0 Å². The third kappa shape index (κ3) is 4.38. The lowest BCUT2D eigenvalue weighted by Gasteiger charge is -2.28. The number of hydrogen-bond acceptors (Lipinski definition) is 5. The van der Waals surface area contributed by atoms with E-state index in [-0.39, 0.29) is 16.9 Å². The number of para-hydroxylation sites is 1. The zero-order valence-corrected chi connectivity index (χ0v) is 12.8. The quantitative estimate of drug-likeness (QED) is 0.614. The van der Waals surface area contributed by atoms with E-state index in [0.717, 1.165) is 6.54 Å². The van der Waals surface area contributed by atoms with E-state index in [0.29, 0.717) is 12.2 Å². The number of anilines is 1. The fourth-order valence-electron chi connectivity index (χ4n) is 2.26. The lowest BCUT2D eigenvalue weighted by Crippen LogP contribution is -2.34. The molecule has 1 N–H and O–H groups in total. The molecule has 6 heteroatoms. The Morgan fingerprint density at radius 2 is 2.05 bits per heavy atom. The van der Waals surface area contributed by atoms with Crippen LogP contribution in [-0.2, 0) is 0 Å². The molecule has 0 saturated carbocycles. The Kier molecular flexibility index (Phi) is 5.33. The van der Waals surface area contributed by atoms with Crippen molar-refractivity contribution in [3.8, 4) is 5.75 Å².